The first-order chi connectivity index (χ1) is 9.25. The first-order valence-corrected chi connectivity index (χ1v) is 8.73. The molecule has 3 N–H and O–H groups in total. The van der Waals surface area contributed by atoms with Gasteiger partial charge in [0.05, 0.1) is 4.75 Å². The van der Waals surface area contributed by atoms with Crippen LogP contribution in [-0.2, 0) is 15.3 Å². The van der Waals surface area contributed by atoms with Crippen LogP contribution >= 0.6 is 0 Å². The van der Waals surface area contributed by atoms with Crippen molar-refractivity contribution in [1.82, 2.24) is 9.97 Å². The number of nitrogens with zero attached hydrogens (tertiary/aromatic N) is 2. The first-order valence-electron chi connectivity index (χ1n) is 6.84. The summed E-state index contributed by atoms with van der Waals surface area (Å²) in [5.41, 5.74) is 6.43. The van der Waals surface area contributed by atoms with Crippen LogP contribution < -0.4 is 11.1 Å². The molecule has 0 spiro atoms. The molecular weight excluding hydrogens is 288 g/mol. The summed E-state index contributed by atoms with van der Waals surface area (Å²) >= 11 is 0. The number of nitrogens with one attached hydrogen (secondary N) is 1. The van der Waals surface area contributed by atoms with Crippen molar-refractivity contribution >= 4 is 21.5 Å². The summed E-state index contributed by atoms with van der Waals surface area (Å²) in [5, 5.41) is 3.10. The van der Waals surface area contributed by atoms with Crippen molar-refractivity contribution in [2.75, 3.05) is 23.9 Å². The van der Waals surface area contributed by atoms with Crippen LogP contribution in [0.5, 0.6) is 0 Å². The number of sulfone groups is 1. The lowest BCUT2D eigenvalue weighted by molar-refractivity contribution is 0.544. The van der Waals surface area contributed by atoms with E-state index in [0.29, 0.717) is 17.5 Å². The Kier molecular flexibility index (Phi) is 4.58. The third kappa shape index (κ3) is 4.06. The van der Waals surface area contributed by atoms with Crippen molar-refractivity contribution in [3.8, 4) is 0 Å². The van der Waals surface area contributed by atoms with Crippen LogP contribution in [0.2, 0.25) is 0 Å². The number of anilines is 2. The Balaban J connectivity index is 3.13. The van der Waals surface area contributed by atoms with Crippen LogP contribution in [0.1, 0.15) is 46.0 Å². The van der Waals surface area contributed by atoms with Gasteiger partial charge in [0.15, 0.2) is 9.84 Å². The maximum Gasteiger partial charge on any atom is 0.154 e. The summed E-state index contributed by atoms with van der Waals surface area (Å²) in [5.74, 6) is 1.63. The van der Waals surface area contributed by atoms with Crippen molar-refractivity contribution in [1.29, 1.82) is 0 Å². The summed E-state index contributed by atoms with van der Waals surface area (Å²) in [7, 11) is -3.17. The normalized spacial score (nSPS) is 13.3. The second-order valence-electron chi connectivity index (χ2n) is 7.04. The van der Waals surface area contributed by atoms with Crippen LogP contribution in [0, 0.1) is 6.92 Å². The van der Waals surface area contributed by atoms with Crippen LogP contribution in [0.4, 0.5) is 11.6 Å². The third-order valence-corrected chi connectivity index (χ3v) is 5.69. The van der Waals surface area contributed by atoms with E-state index in [1.165, 1.54) is 6.26 Å². The molecule has 1 aromatic rings. The summed E-state index contributed by atoms with van der Waals surface area (Å²) < 4.78 is 22.6. The molecular formula is C14H26N4O2S. The van der Waals surface area contributed by atoms with Gasteiger partial charge in [-0.1, -0.05) is 20.8 Å². The lowest BCUT2D eigenvalue weighted by atomic mass is 9.95. The number of rotatable bonds is 4. The van der Waals surface area contributed by atoms with Crippen molar-refractivity contribution in [3.05, 3.63) is 11.4 Å². The molecule has 0 atom stereocenters. The monoisotopic (exact) mass is 314 g/mol. The number of hydrogen-bond acceptors (Lipinski definition) is 6. The van der Waals surface area contributed by atoms with Gasteiger partial charge in [0.1, 0.15) is 17.5 Å². The third-order valence-electron chi connectivity index (χ3n) is 3.54. The molecule has 0 aliphatic carbocycles. The lowest BCUT2D eigenvalue weighted by Crippen LogP contribution is -2.38. The van der Waals surface area contributed by atoms with E-state index in [1.807, 2.05) is 27.7 Å². The van der Waals surface area contributed by atoms with E-state index in [1.54, 1.807) is 13.8 Å². The van der Waals surface area contributed by atoms with E-state index in [4.69, 9.17) is 5.73 Å². The molecule has 0 unspecified atom stereocenters. The van der Waals surface area contributed by atoms with Crippen LogP contribution in [0.25, 0.3) is 0 Å². The Morgan fingerprint density at radius 3 is 2.10 bits per heavy atom. The van der Waals surface area contributed by atoms with Gasteiger partial charge in [0, 0.05) is 23.8 Å². The van der Waals surface area contributed by atoms with Gasteiger partial charge in [0.25, 0.3) is 0 Å². The first kappa shape index (κ1) is 17.7. The molecule has 7 heteroatoms. The van der Waals surface area contributed by atoms with Crippen molar-refractivity contribution in [2.24, 2.45) is 0 Å². The Bertz CT molecular complexity index is 631. The van der Waals surface area contributed by atoms with Crippen LogP contribution in [0.15, 0.2) is 0 Å². The Hall–Kier alpha value is -1.37. The summed E-state index contributed by atoms with van der Waals surface area (Å²) in [6.45, 7) is 11.4. The minimum atomic E-state index is -3.17. The summed E-state index contributed by atoms with van der Waals surface area (Å²) in [4.78, 5) is 8.80. The quantitative estimate of drug-likeness (QED) is 0.881. The van der Waals surface area contributed by atoms with Gasteiger partial charge in [0.2, 0.25) is 0 Å². The fraction of sp³-hybridized carbons (Fsp3) is 0.714. The smallest absolute Gasteiger partial charge is 0.154 e. The fourth-order valence-corrected chi connectivity index (χ4v) is 1.80. The lowest BCUT2D eigenvalue weighted by Gasteiger charge is -2.25. The second-order valence-corrected chi connectivity index (χ2v) is 9.69. The Morgan fingerprint density at radius 1 is 1.14 bits per heavy atom. The molecule has 0 aromatic carbocycles. The van der Waals surface area contributed by atoms with Gasteiger partial charge >= 0.3 is 0 Å². The fourth-order valence-electron chi connectivity index (χ4n) is 1.47. The van der Waals surface area contributed by atoms with Crippen molar-refractivity contribution < 1.29 is 8.42 Å². The van der Waals surface area contributed by atoms with Gasteiger partial charge in [-0.2, -0.15) is 0 Å². The minimum absolute atomic E-state index is 0.232. The molecule has 0 radical (unpaired) electrons. The molecule has 1 aromatic heterocycles. The van der Waals surface area contributed by atoms with E-state index >= 15 is 0 Å². The molecule has 1 rings (SSSR count). The van der Waals surface area contributed by atoms with Gasteiger partial charge in [-0.05, 0) is 20.8 Å². The predicted molar refractivity (Wildman–Crippen MR) is 87.3 cm³/mol. The molecule has 0 aliphatic heterocycles. The SMILES string of the molecule is Cc1c(N)nc(C(C)(C)C)nc1NCC(C)(C)S(C)(=O)=O. The van der Waals surface area contributed by atoms with Gasteiger partial charge < -0.3 is 11.1 Å². The van der Waals surface area contributed by atoms with Crippen LogP contribution in [0.3, 0.4) is 0 Å². The summed E-state index contributed by atoms with van der Waals surface area (Å²) in [6, 6.07) is 0. The highest BCUT2D eigenvalue weighted by molar-refractivity contribution is 7.92. The highest BCUT2D eigenvalue weighted by Gasteiger charge is 2.30. The van der Waals surface area contributed by atoms with E-state index in [0.717, 1.165) is 5.56 Å². The van der Waals surface area contributed by atoms with Gasteiger partial charge in [-0.3, -0.25) is 0 Å². The molecule has 6 nitrogen and oxygen atoms in total. The van der Waals surface area contributed by atoms with E-state index in [-0.39, 0.29) is 12.0 Å². The summed E-state index contributed by atoms with van der Waals surface area (Å²) in [6.07, 6.45) is 1.23. The maximum atomic E-state index is 11.8. The molecule has 0 amide bonds. The maximum absolute atomic E-state index is 11.8. The number of hydrogen-bond donors (Lipinski definition) is 2. The zero-order valence-electron chi connectivity index (χ0n) is 13.9. The Morgan fingerprint density at radius 2 is 1.67 bits per heavy atom. The number of aromatic nitrogens is 2. The van der Waals surface area contributed by atoms with Gasteiger partial charge in [-0.15, -0.1) is 0 Å². The molecule has 120 valence electrons. The molecule has 0 bridgehead atoms. The number of nitrogens with two attached hydrogens (primary N) is 1. The average molecular weight is 314 g/mol. The Labute approximate surface area is 127 Å². The predicted octanol–water partition coefficient (Wildman–Crippen LogP) is 1.90. The highest BCUT2D eigenvalue weighted by Crippen LogP contribution is 2.25. The molecule has 0 aliphatic rings. The van der Waals surface area contributed by atoms with Crippen molar-refractivity contribution in [3.63, 3.8) is 0 Å². The molecule has 0 saturated carbocycles. The topological polar surface area (TPSA) is 98.0 Å². The minimum Gasteiger partial charge on any atom is -0.383 e. The van der Waals surface area contributed by atoms with Crippen molar-refractivity contribution in [2.45, 2.75) is 51.7 Å². The van der Waals surface area contributed by atoms with Gasteiger partial charge in [-0.25, -0.2) is 18.4 Å². The highest BCUT2D eigenvalue weighted by atomic mass is 32.2. The second kappa shape index (κ2) is 5.44. The molecule has 1 heterocycles. The largest absolute Gasteiger partial charge is 0.383 e. The number of nitrogen functional groups attached to an aromatic ring is 1. The van der Waals surface area contributed by atoms with E-state index in [2.05, 4.69) is 15.3 Å². The standard InChI is InChI=1S/C14H26N4O2S/c1-9-10(15)17-12(13(2,3)4)18-11(9)16-8-14(5,6)21(7,19)20/h8H2,1-7H3,(H3,15,16,17,18). The van der Waals surface area contributed by atoms with E-state index < -0.39 is 14.6 Å². The van der Waals surface area contributed by atoms with E-state index in [9.17, 15) is 8.42 Å². The molecule has 0 saturated heterocycles. The molecule has 21 heavy (non-hydrogen) atoms. The average Bonchev–Trinajstić information content (AvgIpc) is 2.28. The van der Waals surface area contributed by atoms with Crippen LogP contribution in [-0.4, -0.2) is 35.9 Å². The zero-order chi connectivity index (χ0) is 16.6. The zero-order valence-corrected chi connectivity index (χ0v) is 14.7. The molecule has 0 fully saturated rings.